The number of benzene rings is 1. The maximum Gasteiger partial charge on any atom is 0.325 e. The van der Waals surface area contributed by atoms with Gasteiger partial charge in [0.2, 0.25) is 0 Å². The summed E-state index contributed by atoms with van der Waals surface area (Å²) in [6.45, 7) is 6.31. The number of hydrogen-bond donors (Lipinski definition) is 2. The number of hydrogen-bond acceptors (Lipinski definition) is 4. The number of carboxylic acid groups (broad SMARTS) is 1. The van der Waals surface area contributed by atoms with E-state index in [1.54, 1.807) is 31.4 Å². The number of ether oxygens (including phenoxy) is 2. The molecular formula is C14H19NO4. The third kappa shape index (κ3) is 3.99. The van der Waals surface area contributed by atoms with E-state index in [2.05, 4.69) is 11.9 Å². The predicted molar refractivity (Wildman–Crippen MR) is 72.7 cm³/mol. The Morgan fingerprint density at radius 3 is 2.79 bits per heavy atom. The molecule has 1 aromatic rings. The molecule has 0 aromatic heterocycles. The molecular weight excluding hydrogens is 246 g/mol. The van der Waals surface area contributed by atoms with Crippen LogP contribution in [0, 0.1) is 0 Å². The molecule has 0 saturated heterocycles. The summed E-state index contributed by atoms with van der Waals surface area (Å²) in [5.74, 6) is 0.169. The van der Waals surface area contributed by atoms with E-state index < -0.39 is 12.0 Å². The van der Waals surface area contributed by atoms with E-state index in [0.29, 0.717) is 30.2 Å². The summed E-state index contributed by atoms with van der Waals surface area (Å²) in [6.07, 6.45) is 1.61. The highest BCUT2D eigenvalue weighted by atomic mass is 16.5. The smallest absolute Gasteiger partial charge is 0.325 e. The number of rotatable bonds is 8. The van der Waals surface area contributed by atoms with Crippen molar-refractivity contribution in [3.8, 4) is 11.5 Å². The van der Waals surface area contributed by atoms with Crippen LogP contribution < -0.4 is 14.8 Å². The van der Waals surface area contributed by atoms with Crippen LogP contribution in [0.15, 0.2) is 30.9 Å². The molecule has 0 heterocycles. The molecule has 5 nitrogen and oxygen atoms in total. The van der Waals surface area contributed by atoms with E-state index in [0.717, 1.165) is 0 Å². The number of carbonyl (C=O) groups is 1. The minimum Gasteiger partial charge on any atom is -0.493 e. The standard InChI is InChI=1S/C14H19NO4/c1-4-8-15-13(14(16)17)10-6-7-11(18-3)12(9-10)19-5-2/h4,6-7,9,13,15H,1,5,8H2,2-3H3,(H,16,17). The normalized spacial score (nSPS) is 11.7. The summed E-state index contributed by atoms with van der Waals surface area (Å²) in [5.41, 5.74) is 0.610. The zero-order valence-corrected chi connectivity index (χ0v) is 11.2. The lowest BCUT2D eigenvalue weighted by Gasteiger charge is -2.16. The van der Waals surface area contributed by atoms with E-state index in [1.807, 2.05) is 6.92 Å². The van der Waals surface area contributed by atoms with Crippen molar-refractivity contribution < 1.29 is 19.4 Å². The Kier molecular flexibility index (Phi) is 5.89. The Morgan fingerprint density at radius 2 is 2.26 bits per heavy atom. The molecule has 0 bridgehead atoms. The van der Waals surface area contributed by atoms with Gasteiger partial charge in [-0.3, -0.25) is 10.1 Å². The summed E-state index contributed by atoms with van der Waals surface area (Å²) in [6, 6.07) is 4.28. The molecule has 0 amide bonds. The maximum atomic E-state index is 11.3. The lowest BCUT2D eigenvalue weighted by atomic mass is 10.1. The average Bonchev–Trinajstić information content (AvgIpc) is 2.39. The topological polar surface area (TPSA) is 67.8 Å². The van der Waals surface area contributed by atoms with Gasteiger partial charge < -0.3 is 14.6 Å². The van der Waals surface area contributed by atoms with Crippen molar-refractivity contribution in [2.45, 2.75) is 13.0 Å². The van der Waals surface area contributed by atoms with Crippen LogP contribution in [0.25, 0.3) is 0 Å². The Hall–Kier alpha value is -2.01. The van der Waals surface area contributed by atoms with Gasteiger partial charge in [0.05, 0.1) is 13.7 Å². The van der Waals surface area contributed by atoms with Crippen molar-refractivity contribution in [1.29, 1.82) is 0 Å². The minimum absolute atomic E-state index is 0.410. The number of nitrogens with one attached hydrogen (secondary N) is 1. The van der Waals surface area contributed by atoms with Gasteiger partial charge in [0.25, 0.3) is 0 Å². The van der Waals surface area contributed by atoms with E-state index in [4.69, 9.17) is 9.47 Å². The highest BCUT2D eigenvalue weighted by Gasteiger charge is 2.20. The molecule has 0 fully saturated rings. The molecule has 1 rings (SSSR count). The molecule has 2 N–H and O–H groups in total. The highest BCUT2D eigenvalue weighted by molar-refractivity contribution is 5.76. The van der Waals surface area contributed by atoms with Gasteiger partial charge in [-0.1, -0.05) is 12.1 Å². The van der Waals surface area contributed by atoms with E-state index in [1.165, 1.54) is 0 Å². The molecule has 1 atom stereocenters. The third-order valence-electron chi connectivity index (χ3n) is 2.53. The molecule has 0 radical (unpaired) electrons. The van der Waals surface area contributed by atoms with Crippen molar-refractivity contribution in [2.24, 2.45) is 0 Å². The van der Waals surface area contributed by atoms with Gasteiger partial charge in [-0.25, -0.2) is 0 Å². The summed E-state index contributed by atoms with van der Waals surface area (Å²) in [4.78, 5) is 11.3. The van der Waals surface area contributed by atoms with Gasteiger partial charge >= 0.3 is 5.97 Å². The summed E-state index contributed by atoms with van der Waals surface area (Å²) in [5, 5.41) is 12.1. The maximum absolute atomic E-state index is 11.3. The van der Waals surface area contributed by atoms with Gasteiger partial charge in [0, 0.05) is 6.54 Å². The van der Waals surface area contributed by atoms with Gasteiger partial charge in [0.1, 0.15) is 6.04 Å². The van der Waals surface area contributed by atoms with Crippen LogP contribution in [0.5, 0.6) is 11.5 Å². The summed E-state index contributed by atoms with van der Waals surface area (Å²) < 4.78 is 10.6. The predicted octanol–water partition coefficient (Wildman–Crippen LogP) is 2.00. The Bertz CT molecular complexity index is 445. The minimum atomic E-state index is -0.950. The van der Waals surface area contributed by atoms with Crippen molar-refractivity contribution in [1.82, 2.24) is 5.32 Å². The van der Waals surface area contributed by atoms with E-state index >= 15 is 0 Å². The Labute approximate surface area is 112 Å². The van der Waals surface area contributed by atoms with Crippen molar-refractivity contribution in [2.75, 3.05) is 20.3 Å². The average molecular weight is 265 g/mol. The highest BCUT2D eigenvalue weighted by Crippen LogP contribution is 2.30. The summed E-state index contributed by atoms with van der Waals surface area (Å²) >= 11 is 0. The lowest BCUT2D eigenvalue weighted by Crippen LogP contribution is -2.28. The molecule has 0 saturated carbocycles. The first-order valence-corrected chi connectivity index (χ1v) is 6.01. The monoisotopic (exact) mass is 265 g/mol. The molecule has 5 heteroatoms. The molecule has 1 aromatic carbocycles. The molecule has 104 valence electrons. The molecule has 19 heavy (non-hydrogen) atoms. The fraction of sp³-hybridized carbons (Fsp3) is 0.357. The largest absolute Gasteiger partial charge is 0.493 e. The SMILES string of the molecule is C=CCNC(C(=O)O)c1ccc(OC)c(OCC)c1. The molecule has 0 aliphatic heterocycles. The first-order valence-electron chi connectivity index (χ1n) is 6.01. The second kappa shape index (κ2) is 7.43. The second-order valence-electron chi connectivity index (χ2n) is 3.81. The van der Waals surface area contributed by atoms with Crippen molar-refractivity contribution in [3.05, 3.63) is 36.4 Å². The van der Waals surface area contributed by atoms with Crippen LogP contribution in [0.3, 0.4) is 0 Å². The van der Waals surface area contributed by atoms with Gasteiger partial charge in [-0.2, -0.15) is 0 Å². The van der Waals surface area contributed by atoms with Crippen LogP contribution in [0.4, 0.5) is 0 Å². The van der Waals surface area contributed by atoms with Crippen LogP contribution in [0.2, 0.25) is 0 Å². The van der Waals surface area contributed by atoms with Crippen LogP contribution in [-0.2, 0) is 4.79 Å². The number of aliphatic carboxylic acids is 1. The van der Waals surface area contributed by atoms with Crippen LogP contribution in [-0.4, -0.2) is 31.3 Å². The number of carboxylic acids is 1. The lowest BCUT2D eigenvalue weighted by molar-refractivity contribution is -0.139. The second-order valence-corrected chi connectivity index (χ2v) is 3.81. The molecule has 0 aliphatic carbocycles. The third-order valence-corrected chi connectivity index (χ3v) is 2.53. The van der Waals surface area contributed by atoms with Gasteiger partial charge in [-0.15, -0.1) is 6.58 Å². The Balaban J connectivity index is 3.05. The van der Waals surface area contributed by atoms with Gasteiger partial charge in [-0.05, 0) is 24.6 Å². The first kappa shape index (κ1) is 15.0. The molecule has 1 unspecified atom stereocenters. The zero-order chi connectivity index (χ0) is 14.3. The van der Waals surface area contributed by atoms with Crippen molar-refractivity contribution >= 4 is 5.97 Å². The quantitative estimate of drug-likeness (QED) is 0.704. The molecule has 0 aliphatic rings. The first-order chi connectivity index (χ1) is 9.13. The fourth-order valence-electron chi connectivity index (χ4n) is 1.69. The number of methoxy groups -OCH3 is 1. The molecule has 0 spiro atoms. The Morgan fingerprint density at radius 1 is 1.53 bits per heavy atom. The van der Waals surface area contributed by atoms with Gasteiger partial charge in [0.15, 0.2) is 11.5 Å². The van der Waals surface area contributed by atoms with E-state index in [9.17, 15) is 9.90 Å². The summed E-state index contributed by atoms with van der Waals surface area (Å²) in [7, 11) is 1.54. The van der Waals surface area contributed by atoms with E-state index in [-0.39, 0.29) is 0 Å². The van der Waals surface area contributed by atoms with Crippen LogP contribution in [0.1, 0.15) is 18.5 Å². The van der Waals surface area contributed by atoms with Crippen molar-refractivity contribution in [3.63, 3.8) is 0 Å². The van der Waals surface area contributed by atoms with Crippen LogP contribution >= 0.6 is 0 Å². The zero-order valence-electron chi connectivity index (χ0n) is 11.2. The fourth-order valence-corrected chi connectivity index (χ4v) is 1.69.